The van der Waals surface area contributed by atoms with Gasteiger partial charge in [0.05, 0.1) is 5.60 Å². The van der Waals surface area contributed by atoms with Crippen LogP contribution in [0.3, 0.4) is 0 Å². The van der Waals surface area contributed by atoms with Gasteiger partial charge in [0.25, 0.3) is 0 Å². The summed E-state index contributed by atoms with van der Waals surface area (Å²) in [6.45, 7) is 2.10. The van der Waals surface area contributed by atoms with E-state index in [4.69, 9.17) is 0 Å². The molecule has 3 rings (SSSR count). The molecule has 0 bridgehead atoms. The number of hydrogen-bond donors (Lipinski definition) is 1. The Morgan fingerprint density at radius 1 is 0.833 bits per heavy atom. The summed E-state index contributed by atoms with van der Waals surface area (Å²) in [6, 6.07) is 8.46. The standard InChI is InChI=1S/C17H24O/c1-14-4-6-15(7-5-14)17(18)12-10-16(11-13-17)8-2-3-9-16/h4-7,18H,2-3,8-13H2,1H3. The first-order valence-electron chi connectivity index (χ1n) is 7.42. The fraction of sp³-hybridized carbons (Fsp3) is 0.647. The van der Waals surface area contributed by atoms with Gasteiger partial charge >= 0.3 is 0 Å². The molecule has 2 aliphatic carbocycles. The molecule has 2 aliphatic rings. The van der Waals surface area contributed by atoms with Crippen molar-refractivity contribution in [2.24, 2.45) is 5.41 Å². The van der Waals surface area contributed by atoms with Crippen molar-refractivity contribution in [3.05, 3.63) is 35.4 Å². The molecule has 1 aromatic carbocycles. The van der Waals surface area contributed by atoms with Gasteiger partial charge in [-0.1, -0.05) is 42.7 Å². The van der Waals surface area contributed by atoms with Crippen LogP contribution in [0.15, 0.2) is 24.3 Å². The molecular formula is C17H24O. The normalized spacial score (nSPS) is 25.4. The smallest absolute Gasteiger partial charge is 0.0897 e. The molecular weight excluding hydrogens is 220 g/mol. The minimum Gasteiger partial charge on any atom is -0.385 e. The first kappa shape index (κ1) is 12.2. The first-order valence-corrected chi connectivity index (χ1v) is 7.42. The minimum atomic E-state index is -0.554. The van der Waals surface area contributed by atoms with Crippen molar-refractivity contribution >= 4 is 0 Å². The van der Waals surface area contributed by atoms with Crippen LogP contribution in [0.1, 0.15) is 62.5 Å². The molecule has 2 fully saturated rings. The lowest BCUT2D eigenvalue weighted by Gasteiger charge is -2.42. The van der Waals surface area contributed by atoms with Crippen LogP contribution in [-0.4, -0.2) is 5.11 Å². The molecule has 1 heteroatoms. The number of aryl methyl sites for hydroxylation is 1. The Labute approximate surface area is 110 Å². The van der Waals surface area contributed by atoms with Gasteiger partial charge in [-0.25, -0.2) is 0 Å². The van der Waals surface area contributed by atoms with Crippen LogP contribution in [0, 0.1) is 12.3 Å². The highest BCUT2D eigenvalue weighted by Crippen LogP contribution is 2.53. The van der Waals surface area contributed by atoms with E-state index in [-0.39, 0.29) is 0 Å². The summed E-state index contributed by atoms with van der Waals surface area (Å²) in [5.74, 6) is 0. The van der Waals surface area contributed by atoms with E-state index < -0.39 is 5.60 Å². The summed E-state index contributed by atoms with van der Waals surface area (Å²) in [5, 5.41) is 10.9. The van der Waals surface area contributed by atoms with Crippen molar-refractivity contribution in [3.8, 4) is 0 Å². The zero-order chi connectivity index (χ0) is 12.6. The molecule has 0 radical (unpaired) electrons. The Bertz CT molecular complexity index is 402. The zero-order valence-corrected chi connectivity index (χ0v) is 11.4. The second-order valence-corrected chi connectivity index (χ2v) is 6.60. The minimum absolute atomic E-state index is 0.554. The number of hydrogen-bond acceptors (Lipinski definition) is 1. The maximum Gasteiger partial charge on any atom is 0.0897 e. The van der Waals surface area contributed by atoms with Gasteiger partial charge < -0.3 is 5.11 Å². The van der Waals surface area contributed by atoms with E-state index in [0.29, 0.717) is 5.41 Å². The Hall–Kier alpha value is -0.820. The first-order chi connectivity index (χ1) is 8.62. The van der Waals surface area contributed by atoms with E-state index in [0.717, 1.165) is 18.4 Å². The van der Waals surface area contributed by atoms with E-state index >= 15 is 0 Å². The lowest BCUT2D eigenvalue weighted by Crippen LogP contribution is -2.35. The van der Waals surface area contributed by atoms with Crippen LogP contribution >= 0.6 is 0 Å². The molecule has 0 unspecified atom stereocenters. The van der Waals surface area contributed by atoms with Crippen molar-refractivity contribution < 1.29 is 5.11 Å². The van der Waals surface area contributed by atoms with Gasteiger partial charge in [0.1, 0.15) is 0 Å². The fourth-order valence-electron chi connectivity index (χ4n) is 3.97. The van der Waals surface area contributed by atoms with Crippen molar-refractivity contribution in [1.29, 1.82) is 0 Å². The molecule has 0 amide bonds. The van der Waals surface area contributed by atoms with Gasteiger partial charge in [0.2, 0.25) is 0 Å². The fourth-order valence-corrected chi connectivity index (χ4v) is 3.97. The van der Waals surface area contributed by atoms with Gasteiger partial charge in [-0.3, -0.25) is 0 Å². The van der Waals surface area contributed by atoms with E-state index in [1.165, 1.54) is 44.1 Å². The molecule has 0 saturated heterocycles. The van der Waals surface area contributed by atoms with Crippen LogP contribution in [0.25, 0.3) is 0 Å². The maximum absolute atomic E-state index is 10.9. The summed E-state index contributed by atoms with van der Waals surface area (Å²) in [5.41, 5.74) is 2.43. The third-order valence-corrected chi connectivity index (χ3v) is 5.39. The second-order valence-electron chi connectivity index (χ2n) is 6.60. The maximum atomic E-state index is 10.9. The number of rotatable bonds is 1. The van der Waals surface area contributed by atoms with Gasteiger partial charge in [0.15, 0.2) is 0 Å². The zero-order valence-electron chi connectivity index (χ0n) is 11.4. The molecule has 2 saturated carbocycles. The van der Waals surface area contributed by atoms with Gasteiger partial charge in [-0.05, 0) is 56.4 Å². The predicted molar refractivity (Wildman–Crippen MR) is 74.4 cm³/mol. The molecule has 0 heterocycles. The highest BCUT2D eigenvalue weighted by atomic mass is 16.3. The van der Waals surface area contributed by atoms with Crippen molar-refractivity contribution in [2.75, 3.05) is 0 Å². The number of benzene rings is 1. The highest BCUT2D eigenvalue weighted by Gasteiger charge is 2.43. The van der Waals surface area contributed by atoms with Crippen LogP contribution in [0.2, 0.25) is 0 Å². The monoisotopic (exact) mass is 244 g/mol. The van der Waals surface area contributed by atoms with Gasteiger partial charge in [-0.2, -0.15) is 0 Å². The summed E-state index contributed by atoms with van der Waals surface area (Å²) >= 11 is 0. The second kappa shape index (κ2) is 4.38. The summed E-state index contributed by atoms with van der Waals surface area (Å²) in [7, 11) is 0. The summed E-state index contributed by atoms with van der Waals surface area (Å²) in [6.07, 6.45) is 9.96. The Balaban J connectivity index is 1.75. The van der Waals surface area contributed by atoms with Crippen LogP contribution in [0.5, 0.6) is 0 Å². The van der Waals surface area contributed by atoms with Crippen LogP contribution in [0.4, 0.5) is 0 Å². The highest BCUT2D eigenvalue weighted by molar-refractivity contribution is 5.27. The number of aliphatic hydroxyl groups is 1. The van der Waals surface area contributed by atoms with Gasteiger partial charge in [0, 0.05) is 0 Å². The lowest BCUT2D eigenvalue weighted by atomic mass is 9.66. The largest absolute Gasteiger partial charge is 0.385 e. The van der Waals surface area contributed by atoms with Crippen LogP contribution < -0.4 is 0 Å². The molecule has 1 nitrogen and oxygen atoms in total. The van der Waals surface area contributed by atoms with Crippen molar-refractivity contribution in [1.82, 2.24) is 0 Å². The Morgan fingerprint density at radius 3 is 1.94 bits per heavy atom. The SMILES string of the molecule is Cc1ccc(C2(O)CCC3(CCCC3)CC2)cc1. The van der Waals surface area contributed by atoms with Gasteiger partial charge in [-0.15, -0.1) is 0 Å². The summed E-state index contributed by atoms with van der Waals surface area (Å²) in [4.78, 5) is 0. The Kier molecular flexibility index (Phi) is 2.97. The molecule has 1 spiro atoms. The average molecular weight is 244 g/mol. The average Bonchev–Trinajstić information content (AvgIpc) is 2.83. The molecule has 0 atom stereocenters. The molecule has 1 aromatic rings. The van der Waals surface area contributed by atoms with E-state index in [1.54, 1.807) is 0 Å². The van der Waals surface area contributed by atoms with Crippen molar-refractivity contribution in [3.63, 3.8) is 0 Å². The molecule has 1 N–H and O–H groups in total. The third-order valence-electron chi connectivity index (χ3n) is 5.39. The topological polar surface area (TPSA) is 20.2 Å². The van der Waals surface area contributed by atoms with Crippen LogP contribution in [-0.2, 0) is 5.60 Å². The van der Waals surface area contributed by atoms with Crippen molar-refractivity contribution in [2.45, 2.75) is 63.9 Å². The lowest BCUT2D eigenvalue weighted by molar-refractivity contribution is -0.0376. The van der Waals surface area contributed by atoms with E-state index in [1.807, 2.05) is 0 Å². The molecule has 98 valence electrons. The van der Waals surface area contributed by atoms with E-state index in [9.17, 15) is 5.11 Å². The third kappa shape index (κ3) is 2.09. The quantitative estimate of drug-likeness (QED) is 0.780. The summed E-state index contributed by atoms with van der Waals surface area (Å²) < 4.78 is 0. The predicted octanol–water partition coefficient (Wildman–Crippen LogP) is 4.32. The molecule has 18 heavy (non-hydrogen) atoms. The van der Waals surface area contributed by atoms with E-state index in [2.05, 4.69) is 31.2 Å². The molecule has 0 aliphatic heterocycles. The Morgan fingerprint density at radius 2 is 1.39 bits per heavy atom. The molecule has 0 aromatic heterocycles.